The van der Waals surface area contributed by atoms with E-state index in [1.54, 1.807) is 6.07 Å². The number of benzene rings is 2. The minimum Gasteiger partial charge on any atom is -0.268 e. The summed E-state index contributed by atoms with van der Waals surface area (Å²) in [7, 11) is 0. The van der Waals surface area contributed by atoms with Gasteiger partial charge in [-0.3, -0.25) is 9.36 Å². The van der Waals surface area contributed by atoms with E-state index in [-0.39, 0.29) is 27.9 Å². The zero-order valence-electron chi connectivity index (χ0n) is 14.3. The maximum Gasteiger partial charge on any atom is 0.416 e. The van der Waals surface area contributed by atoms with Crippen LogP contribution in [0.5, 0.6) is 0 Å². The Morgan fingerprint density at radius 3 is 2.14 bits per heavy atom. The van der Waals surface area contributed by atoms with E-state index in [2.05, 4.69) is 10.9 Å². The molecule has 0 N–H and O–H groups in total. The standard InChI is InChI=1S/C19H10F6N2OS/c1-2-7-29-17-26-15-6-4-3-5-14(15)16(28)27(17)13-9-11(18(20,21)22)8-12(10-13)19(23,24)25/h1,3-6,8-10H,7H2. The van der Waals surface area contributed by atoms with Gasteiger partial charge in [-0.15, -0.1) is 6.42 Å². The van der Waals surface area contributed by atoms with Crippen molar-refractivity contribution in [2.75, 3.05) is 5.75 Å². The summed E-state index contributed by atoms with van der Waals surface area (Å²) in [6.45, 7) is 0. The Balaban J connectivity index is 2.39. The Labute approximate surface area is 164 Å². The molecular weight excluding hydrogens is 418 g/mol. The van der Waals surface area contributed by atoms with E-state index in [0.717, 1.165) is 16.3 Å². The molecule has 0 saturated heterocycles. The molecule has 0 saturated carbocycles. The first-order valence-corrected chi connectivity index (χ1v) is 8.89. The van der Waals surface area contributed by atoms with E-state index >= 15 is 0 Å². The first-order valence-electron chi connectivity index (χ1n) is 7.90. The molecule has 0 aliphatic carbocycles. The molecule has 0 amide bonds. The number of halogens is 6. The topological polar surface area (TPSA) is 34.9 Å². The lowest BCUT2D eigenvalue weighted by Gasteiger charge is -2.17. The molecule has 1 heterocycles. The van der Waals surface area contributed by atoms with Crippen LogP contribution in [0.1, 0.15) is 11.1 Å². The van der Waals surface area contributed by atoms with Crippen molar-refractivity contribution >= 4 is 22.7 Å². The Morgan fingerprint density at radius 2 is 1.59 bits per heavy atom. The Hall–Kier alpha value is -2.93. The van der Waals surface area contributed by atoms with Crippen LogP contribution in [0.15, 0.2) is 52.4 Å². The van der Waals surface area contributed by atoms with Gasteiger partial charge in [-0.25, -0.2) is 4.98 Å². The molecule has 0 aliphatic rings. The Morgan fingerprint density at radius 1 is 1.00 bits per heavy atom. The number of hydrogen-bond donors (Lipinski definition) is 0. The SMILES string of the molecule is C#CCSc1nc2ccccc2c(=O)n1-c1cc(C(F)(F)F)cc(C(F)(F)F)c1. The minimum atomic E-state index is -5.05. The van der Waals surface area contributed by atoms with Crippen molar-refractivity contribution in [1.29, 1.82) is 0 Å². The molecule has 3 aromatic rings. The highest BCUT2D eigenvalue weighted by Gasteiger charge is 2.37. The largest absolute Gasteiger partial charge is 0.416 e. The van der Waals surface area contributed by atoms with Gasteiger partial charge in [0.2, 0.25) is 0 Å². The molecule has 2 aromatic carbocycles. The molecular formula is C19H10F6N2OS. The second-order valence-corrected chi connectivity index (χ2v) is 6.75. The first kappa shape index (κ1) is 20.8. The summed E-state index contributed by atoms with van der Waals surface area (Å²) in [6.07, 6.45) is -4.90. The average molecular weight is 428 g/mol. The molecule has 29 heavy (non-hydrogen) atoms. The maximum atomic E-state index is 13.2. The van der Waals surface area contributed by atoms with E-state index in [4.69, 9.17) is 6.42 Å². The van der Waals surface area contributed by atoms with Crippen LogP contribution < -0.4 is 5.56 Å². The number of thioether (sulfide) groups is 1. The monoisotopic (exact) mass is 428 g/mol. The van der Waals surface area contributed by atoms with Gasteiger partial charge in [-0.2, -0.15) is 26.3 Å². The normalized spacial score (nSPS) is 12.2. The zero-order valence-corrected chi connectivity index (χ0v) is 15.1. The van der Waals surface area contributed by atoms with Crippen molar-refractivity contribution in [3.05, 3.63) is 63.9 Å². The predicted molar refractivity (Wildman–Crippen MR) is 96.9 cm³/mol. The average Bonchev–Trinajstić information content (AvgIpc) is 2.64. The van der Waals surface area contributed by atoms with Crippen molar-refractivity contribution in [3.63, 3.8) is 0 Å². The van der Waals surface area contributed by atoms with E-state index in [0.29, 0.717) is 12.1 Å². The van der Waals surface area contributed by atoms with Gasteiger partial charge >= 0.3 is 12.4 Å². The van der Waals surface area contributed by atoms with Crippen molar-refractivity contribution in [2.24, 2.45) is 0 Å². The second kappa shape index (κ2) is 7.48. The predicted octanol–water partition coefficient (Wildman–Crippen LogP) is 5.15. The number of alkyl halides is 6. The van der Waals surface area contributed by atoms with Gasteiger partial charge in [0, 0.05) is 0 Å². The lowest BCUT2D eigenvalue weighted by Crippen LogP contribution is -2.23. The molecule has 10 heteroatoms. The highest BCUT2D eigenvalue weighted by molar-refractivity contribution is 7.99. The molecule has 1 aromatic heterocycles. The molecule has 0 fully saturated rings. The Kier molecular flexibility index (Phi) is 5.36. The van der Waals surface area contributed by atoms with Crippen LogP contribution in [-0.4, -0.2) is 15.3 Å². The van der Waals surface area contributed by atoms with Gasteiger partial charge in [-0.05, 0) is 30.3 Å². The van der Waals surface area contributed by atoms with Crippen LogP contribution in [-0.2, 0) is 12.4 Å². The Bertz CT molecular complexity index is 1140. The third-order valence-electron chi connectivity index (χ3n) is 3.86. The van der Waals surface area contributed by atoms with Gasteiger partial charge in [0.15, 0.2) is 5.16 Å². The van der Waals surface area contributed by atoms with Crippen molar-refractivity contribution < 1.29 is 26.3 Å². The third-order valence-corrected chi connectivity index (χ3v) is 4.70. The quantitative estimate of drug-likeness (QED) is 0.251. The summed E-state index contributed by atoms with van der Waals surface area (Å²) in [5.41, 5.74) is -4.22. The molecule has 0 unspecified atom stereocenters. The molecule has 0 atom stereocenters. The fourth-order valence-corrected chi connectivity index (χ4v) is 3.30. The lowest BCUT2D eigenvalue weighted by atomic mass is 10.1. The molecule has 0 spiro atoms. The fourth-order valence-electron chi connectivity index (χ4n) is 2.61. The maximum absolute atomic E-state index is 13.2. The number of aromatic nitrogens is 2. The molecule has 0 aliphatic heterocycles. The van der Waals surface area contributed by atoms with E-state index < -0.39 is 34.7 Å². The van der Waals surface area contributed by atoms with Gasteiger partial charge in [0.05, 0.1) is 33.5 Å². The van der Waals surface area contributed by atoms with E-state index in [1.165, 1.54) is 18.2 Å². The van der Waals surface area contributed by atoms with Crippen molar-refractivity contribution in [2.45, 2.75) is 17.5 Å². The number of hydrogen-bond acceptors (Lipinski definition) is 3. The summed E-state index contributed by atoms with van der Waals surface area (Å²) in [5.74, 6) is 2.29. The second-order valence-electron chi connectivity index (χ2n) is 5.81. The minimum absolute atomic E-state index is 0.00271. The summed E-state index contributed by atoms with van der Waals surface area (Å²) >= 11 is 0.851. The summed E-state index contributed by atoms with van der Waals surface area (Å²) in [4.78, 5) is 17.1. The smallest absolute Gasteiger partial charge is 0.268 e. The molecule has 150 valence electrons. The highest BCUT2D eigenvalue weighted by atomic mass is 32.2. The summed E-state index contributed by atoms with van der Waals surface area (Å²) < 4.78 is 80.0. The number of rotatable bonds is 3. The van der Waals surface area contributed by atoms with Gasteiger partial charge in [0.25, 0.3) is 5.56 Å². The number of fused-ring (bicyclic) bond motifs is 1. The first-order chi connectivity index (χ1) is 13.5. The molecule has 0 radical (unpaired) electrons. The van der Waals surface area contributed by atoms with Crippen molar-refractivity contribution in [3.8, 4) is 18.0 Å². The van der Waals surface area contributed by atoms with Gasteiger partial charge in [0.1, 0.15) is 0 Å². The van der Waals surface area contributed by atoms with Crippen LogP contribution in [0.25, 0.3) is 16.6 Å². The van der Waals surface area contributed by atoms with Crippen LogP contribution >= 0.6 is 11.8 Å². The number of terminal acetylenes is 1. The van der Waals surface area contributed by atoms with E-state index in [1.807, 2.05) is 0 Å². The highest BCUT2D eigenvalue weighted by Crippen LogP contribution is 2.37. The lowest BCUT2D eigenvalue weighted by molar-refractivity contribution is -0.143. The van der Waals surface area contributed by atoms with Crippen molar-refractivity contribution in [1.82, 2.24) is 9.55 Å². The molecule has 0 bridgehead atoms. The van der Waals surface area contributed by atoms with Crippen LogP contribution in [0.3, 0.4) is 0 Å². The van der Waals surface area contributed by atoms with Gasteiger partial charge < -0.3 is 0 Å². The zero-order chi connectivity index (χ0) is 21.4. The van der Waals surface area contributed by atoms with Crippen LogP contribution in [0.2, 0.25) is 0 Å². The molecule has 3 nitrogen and oxygen atoms in total. The number of nitrogens with zero attached hydrogens (tertiary/aromatic N) is 2. The summed E-state index contributed by atoms with van der Waals surface area (Å²) in [6, 6.07) is 6.96. The summed E-state index contributed by atoms with van der Waals surface area (Å²) in [5, 5.41) is -0.0670. The molecule has 3 rings (SSSR count). The van der Waals surface area contributed by atoms with Crippen LogP contribution in [0, 0.1) is 12.3 Å². The third kappa shape index (κ3) is 4.24. The van der Waals surface area contributed by atoms with Gasteiger partial charge in [-0.1, -0.05) is 29.8 Å². The number of para-hydroxylation sites is 1. The van der Waals surface area contributed by atoms with Crippen LogP contribution in [0.4, 0.5) is 26.3 Å². The fraction of sp³-hybridized carbons (Fsp3) is 0.158. The van der Waals surface area contributed by atoms with E-state index in [9.17, 15) is 31.1 Å².